The van der Waals surface area contributed by atoms with Crippen LogP contribution < -0.4 is 0 Å². The van der Waals surface area contributed by atoms with E-state index in [-0.39, 0.29) is 18.0 Å². The number of carbonyl (C=O) groups excluding carboxylic acids is 1. The van der Waals surface area contributed by atoms with Crippen LogP contribution in [0.15, 0.2) is 23.8 Å². The standard InChI is InChI=1S/C24H40O4/c1-4-5-8-17(2)13-20(25)11-12-21-22-15-18(14-19(22)16-23(21)26)9-6-7-10-24(27)28-3/h11-12,14,17,19-23,25-26H,4-10,13,15-16H2,1-3H3/b12-11+/t17-,19-,20+,21?,22-,23+/m0/s1. The number of fused-ring (bicyclic) bond motifs is 1. The van der Waals surface area contributed by atoms with E-state index in [1.165, 1.54) is 31.9 Å². The van der Waals surface area contributed by atoms with Gasteiger partial charge in [0.1, 0.15) is 0 Å². The molecule has 0 saturated heterocycles. The minimum Gasteiger partial charge on any atom is -0.469 e. The van der Waals surface area contributed by atoms with Gasteiger partial charge in [-0.2, -0.15) is 0 Å². The summed E-state index contributed by atoms with van der Waals surface area (Å²) in [4.78, 5) is 11.2. The first kappa shape index (κ1) is 23.2. The van der Waals surface area contributed by atoms with Crippen LogP contribution in [0.2, 0.25) is 0 Å². The Labute approximate surface area is 171 Å². The first-order chi connectivity index (χ1) is 13.4. The molecule has 0 aromatic heterocycles. The lowest BCUT2D eigenvalue weighted by Gasteiger charge is -2.19. The predicted molar refractivity (Wildman–Crippen MR) is 113 cm³/mol. The van der Waals surface area contributed by atoms with E-state index in [1.54, 1.807) is 0 Å². The van der Waals surface area contributed by atoms with E-state index in [2.05, 4.69) is 30.7 Å². The molecule has 2 aliphatic carbocycles. The van der Waals surface area contributed by atoms with Crippen molar-refractivity contribution in [3.63, 3.8) is 0 Å². The molecule has 6 atom stereocenters. The van der Waals surface area contributed by atoms with Gasteiger partial charge in [0.15, 0.2) is 0 Å². The average molecular weight is 393 g/mol. The Morgan fingerprint density at radius 1 is 1.36 bits per heavy atom. The highest BCUT2D eigenvalue weighted by Crippen LogP contribution is 2.48. The van der Waals surface area contributed by atoms with Gasteiger partial charge >= 0.3 is 5.97 Å². The molecule has 4 heteroatoms. The molecule has 2 aliphatic rings. The molecule has 1 unspecified atom stereocenters. The lowest BCUT2D eigenvalue weighted by molar-refractivity contribution is -0.140. The van der Waals surface area contributed by atoms with Gasteiger partial charge in [0.2, 0.25) is 0 Å². The van der Waals surface area contributed by atoms with Crippen molar-refractivity contribution >= 4 is 5.97 Å². The second-order valence-corrected chi connectivity index (χ2v) is 8.96. The number of hydrogen-bond donors (Lipinski definition) is 2. The van der Waals surface area contributed by atoms with Crippen molar-refractivity contribution in [2.24, 2.45) is 23.7 Å². The third-order valence-corrected chi connectivity index (χ3v) is 6.56. The van der Waals surface area contributed by atoms with E-state index in [1.807, 2.05) is 6.08 Å². The van der Waals surface area contributed by atoms with Crippen LogP contribution in [-0.2, 0) is 9.53 Å². The number of aliphatic hydroxyl groups excluding tert-OH is 2. The SMILES string of the molecule is CCCC[C@H](C)C[C@H](O)/C=C/C1[C@H](O)C[C@@H]2C=C(CCCCC(=O)OC)C[C@H]12. The van der Waals surface area contributed by atoms with Crippen LogP contribution >= 0.6 is 0 Å². The molecular formula is C24H40O4. The van der Waals surface area contributed by atoms with Crippen molar-refractivity contribution in [2.75, 3.05) is 7.11 Å². The number of allylic oxidation sites excluding steroid dienone is 2. The fourth-order valence-electron chi connectivity index (χ4n) is 4.93. The van der Waals surface area contributed by atoms with Crippen LogP contribution in [0.4, 0.5) is 0 Å². The highest BCUT2D eigenvalue weighted by Gasteiger charge is 2.43. The van der Waals surface area contributed by atoms with Crippen molar-refractivity contribution in [1.29, 1.82) is 0 Å². The quantitative estimate of drug-likeness (QED) is 0.284. The molecule has 0 spiro atoms. The Hall–Kier alpha value is -1.13. The molecule has 0 bridgehead atoms. The van der Waals surface area contributed by atoms with Gasteiger partial charge in [-0.1, -0.05) is 56.9 Å². The van der Waals surface area contributed by atoms with Crippen LogP contribution in [0.25, 0.3) is 0 Å². The Kier molecular flexibility index (Phi) is 9.73. The molecule has 0 radical (unpaired) electrons. The number of unbranched alkanes of at least 4 members (excludes halogenated alkanes) is 2. The highest BCUT2D eigenvalue weighted by atomic mass is 16.5. The predicted octanol–water partition coefficient (Wildman–Crippen LogP) is 4.80. The van der Waals surface area contributed by atoms with Gasteiger partial charge in [-0.25, -0.2) is 0 Å². The van der Waals surface area contributed by atoms with Crippen molar-refractivity contribution in [3.8, 4) is 0 Å². The van der Waals surface area contributed by atoms with E-state index < -0.39 is 6.10 Å². The number of methoxy groups -OCH3 is 1. The van der Waals surface area contributed by atoms with Gasteiger partial charge in [0.25, 0.3) is 0 Å². The number of esters is 1. The number of rotatable bonds is 12. The number of ether oxygens (including phenoxy) is 1. The number of aliphatic hydroxyl groups is 2. The third kappa shape index (κ3) is 7.04. The summed E-state index contributed by atoms with van der Waals surface area (Å²) in [6, 6.07) is 0. The fraction of sp³-hybridized carbons (Fsp3) is 0.792. The molecule has 1 fully saturated rings. The van der Waals surface area contributed by atoms with Gasteiger partial charge in [0.05, 0.1) is 19.3 Å². The van der Waals surface area contributed by atoms with Crippen molar-refractivity contribution in [1.82, 2.24) is 0 Å². The second-order valence-electron chi connectivity index (χ2n) is 8.96. The molecular weight excluding hydrogens is 352 g/mol. The van der Waals surface area contributed by atoms with Gasteiger partial charge in [-0.15, -0.1) is 0 Å². The third-order valence-electron chi connectivity index (χ3n) is 6.56. The Morgan fingerprint density at radius 3 is 2.86 bits per heavy atom. The zero-order chi connectivity index (χ0) is 20.5. The van der Waals surface area contributed by atoms with Crippen LogP contribution in [0, 0.1) is 23.7 Å². The molecule has 160 valence electrons. The first-order valence-corrected chi connectivity index (χ1v) is 11.2. The Morgan fingerprint density at radius 2 is 2.14 bits per heavy atom. The summed E-state index contributed by atoms with van der Waals surface area (Å²) < 4.78 is 4.69. The van der Waals surface area contributed by atoms with Gasteiger partial charge in [0, 0.05) is 12.3 Å². The number of hydrogen-bond acceptors (Lipinski definition) is 4. The zero-order valence-corrected chi connectivity index (χ0v) is 18.0. The summed E-state index contributed by atoms with van der Waals surface area (Å²) >= 11 is 0. The van der Waals surface area contributed by atoms with Crippen LogP contribution in [0.5, 0.6) is 0 Å². The maximum Gasteiger partial charge on any atom is 0.305 e. The smallest absolute Gasteiger partial charge is 0.305 e. The zero-order valence-electron chi connectivity index (χ0n) is 18.0. The Bertz CT molecular complexity index is 539. The second kappa shape index (κ2) is 11.8. The number of carbonyl (C=O) groups is 1. The van der Waals surface area contributed by atoms with Crippen LogP contribution in [0.3, 0.4) is 0 Å². The highest BCUT2D eigenvalue weighted by molar-refractivity contribution is 5.68. The van der Waals surface area contributed by atoms with Crippen molar-refractivity contribution < 1.29 is 19.7 Å². The molecule has 0 aliphatic heterocycles. The van der Waals surface area contributed by atoms with Crippen molar-refractivity contribution in [3.05, 3.63) is 23.8 Å². The summed E-state index contributed by atoms with van der Waals surface area (Å²) in [6.07, 6.45) is 15.3. The fourth-order valence-corrected chi connectivity index (χ4v) is 4.93. The lowest BCUT2D eigenvalue weighted by atomic mass is 9.88. The summed E-state index contributed by atoms with van der Waals surface area (Å²) in [6.45, 7) is 4.41. The molecule has 0 aromatic carbocycles. The van der Waals surface area contributed by atoms with Gasteiger partial charge in [-0.05, 0) is 56.3 Å². The minimum atomic E-state index is -0.412. The summed E-state index contributed by atoms with van der Waals surface area (Å²) in [5.41, 5.74) is 1.47. The maximum absolute atomic E-state index is 11.2. The molecule has 28 heavy (non-hydrogen) atoms. The van der Waals surface area contributed by atoms with E-state index >= 15 is 0 Å². The molecule has 4 nitrogen and oxygen atoms in total. The molecule has 1 saturated carbocycles. The van der Waals surface area contributed by atoms with Gasteiger partial charge < -0.3 is 14.9 Å². The average Bonchev–Trinajstić information content (AvgIpc) is 3.18. The van der Waals surface area contributed by atoms with E-state index in [0.717, 1.165) is 38.5 Å². The minimum absolute atomic E-state index is 0.131. The topological polar surface area (TPSA) is 66.8 Å². The van der Waals surface area contributed by atoms with E-state index in [0.29, 0.717) is 24.2 Å². The summed E-state index contributed by atoms with van der Waals surface area (Å²) in [7, 11) is 1.44. The largest absolute Gasteiger partial charge is 0.469 e. The molecule has 2 rings (SSSR count). The van der Waals surface area contributed by atoms with Crippen molar-refractivity contribution in [2.45, 2.75) is 90.3 Å². The normalized spacial score (nSPS) is 29.0. The van der Waals surface area contributed by atoms with Gasteiger partial charge in [-0.3, -0.25) is 4.79 Å². The summed E-state index contributed by atoms with van der Waals surface area (Å²) in [5.74, 6) is 1.47. The van der Waals surface area contributed by atoms with Crippen LogP contribution in [0.1, 0.15) is 78.1 Å². The molecule has 0 heterocycles. The first-order valence-electron chi connectivity index (χ1n) is 11.2. The molecule has 0 amide bonds. The van der Waals surface area contributed by atoms with Crippen LogP contribution in [-0.4, -0.2) is 35.5 Å². The molecule has 0 aromatic rings. The summed E-state index contributed by atoms with van der Waals surface area (Å²) in [5, 5.41) is 20.8. The van der Waals surface area contributed by atoms with E-state index in [4.69, 9.17) is 0 Å². The van der Waals surface area contributed by atoms with E-state index in [9.17, 15) is 15.0 Å². The monoisotopic (exact) mass is 392 g/mol. The lowest BCUT2D eigenvalue weighted by Crippen LogP contribution is -2.18. The Balaban J connectivity index is 1.77. The maximum atomic E-state index is 11.2. The molecule has 2 N–H and O–H groups in total.